The van der Waals surface area contributed by atoms with Crippen LogP contribution in [0.3, 0.4) is 0 Å². The summed E-state index contributed by atoms with van der Waals surface area (Å²) >= 11 is 0. The molecule has 1 unspecified atom stereocenters. The summed E-state index contributed by atoms with van der Waals surface area (Å²) in [7, 11) is 1.35. The summed E-state index contributed by atoms with van der Waals surface area (Å²) in [5, 5.41) is 2.62. The van der Waals surface area contributed by atoms with Crippen molar-refractivity contribution in [1.29, 1.82) is 0 Å². The molecule has 0 heterocycles. The minimum atomic E-state index is -0.435. The van der Waals surface area contributed by atoms with E-state index in [1.54, 1.807) is 0 Å². The highest BCUT2D eigenvalue weighted by Gasteiger charge is 2.03. The number of hydrogen-bond acceptors (Lipinski definition) is 2. The summed E-state index contributed by atoms with van der Waals surface area (Å²) in [5.41, 5.74) is 2.06. The quantitative estimate of drug-likeness (QED) is 0.845. The predicted octanol–water partition coefficient (Wildman–Crippen LogP) is 3.70. The number of ether oxygens (including phenoxy) is 1. The molecule has 0 bridgehead atoms. The van der Waals surface area contributed by atoms with Crippen LogP contribution in [0.1, 0.15) is 27.3 Å². The molecule has 0 aromatic heterocycles. The number of rotatable bonds is 4. The molecule has 90 valence electrons. The van der Waals surface area contributed by atoms with Gasteiger partial charge >= 0.3 is 6.09 Å². The number of amides is 1. The molecule has 1 rings (SSSR count). The smallest absolute Gasteiger partial charge is 0.411 e. The van der Waals surface area contributed by atoms with Gasteiger partial charge < -0.3 is 4.74 Å². The Labute approximate surface area is 98.3 Å². The number of carbonyl (C=O) groups excluding carboxylic acids is 1. The van der Waals surface area contributed by atoms with E-state index < -0.39 is 6.09 Å². The van der Waals surface area contributed by atoms with E-state index in [-0.39, 0.29) is 1.43 Å². The van der Waals surface area contributed by atoms with Gasteiger partial charge in [-0.25, -0.2) is 4.79 Å². The van der Waals surface area contributed by atoms with Crippen LogP contribution in [0.25, 0.3) is 0 Å². The van der Waals surface area contributed by atoms with Gasteiger partial charge in [-0.3, -0.25) is 5.32 Å². The molecule has 0 aliphatic carbocycles. The predicted molar refractivity (Wildman–Crippen MR) is 67.7 cm³/mol. The highest BCUT2D eigenvalue weighted by molar-refractivity contribution is 5.84. The zero-order valence-electron chi connectivity index (χ0n) is 10.1. The highest BCUT2D eigenvalue weighted by Crippen LogP contribution is 2.14. The molecule has 1 atom stereocenters. The zero-order chi connectivity index (χ0) is 12.0. The number of hydrogen-bond donors (Lipinski definition) is 1. The number of methoxy groups -OCH3 is 1. The van der Waals surface area contributed by atoms with Crippen molar-refractivity contribution in [3.8, 4) is 0 Å². The fourth-order valence-electron chi connectivity index (χ4n) is 1.44. The van der Waals surface area contributed by atoms with Crippen LogP contribution in [-0.4, -0.2) is 13.2 Å². The van der Waals surface area contributed by atoms with Gasteiger partial charge in [-0.15, -0.1) is 0 Å². The highest BCUT2D eigenvalue weighted by atomic mass is 16.5. The molecule has 1 amide bonds. The maximum absolute atomic E-state index is 11.0. The summed E-state index contributed by atoms with van der Waals surface area (Å²) in [4.78, 5) is 11.0. The fourth-order valence-corrected chi connectivity index (χ4v) is 1.44. The summed E-state index contributed by atoms with van der Waals surface area (Å²) in [6.07, 6.45) is 1.83. The van der Waals surface area contributed by atoms with Crippen LogP contribution in [-0.2, 0) is 11.2 Å². The van der Waals surface area contributed by atoms with Gasteiger partial charge in [0.1, 0.15) is 0 Å². The third kappa shape index (κ3) is 3.93. The van der Waals surface area contributed by atoms with Crippen LogP contribution in [0.4, 0.5) is 10.5 Å². The molecule has 1 N–H and O–H groups in total. The first-order chi connectivity index (χ1) is 7.65. The van der Waals surface area contributed by atoms with Crippen molar-refractivity contribution in [2.75, 3.05) is 12.4 Å². The van der Waals surface area contributed by atoms with Gasteiger partial charge in [0.15, 0.2) is 0 Å². The van der Waals surface area contributed by atoms with Gasteiger partial charge in [0.25, 0.3) is 0 Å². The monoisotopic (exact) mass is 223 g/mol. The normalized spacial score (nSPS) is 11.9. The topological polar surface area (TPSA) is 38.3 Å². The molecule has 0 spiro atoms. The lowest BCUT2D eigenvalue weighted by Crippen LogP contribution is -2.10. The van der Waals surface area contributed by atoms with Gasteiger partial charge in [0, 0.05) is 7.11 Å². The van der Waals surface area contributed by atoms with Crippen molar-refractivity contribution >= 4 is 11.8 Å². The molecule has 16 heavy (non-hydrogen) atoms. The van der Waals surface area contributed by atoms with E-state index in [2.05, 4.69) is 23.9 Å². The maximum atomic E-state index is 11.0. The Hall–Kier alpha value is -1.51. The molecular formula is C13H21NO2. The number of benzene rings is 1. The molecule has 0 aliphatic heterocycles. The standard InChI is InChI=1S/C13H19NO2.H2/c1-4-10(2)9-11-5-7-12(8-6-11)14-13(15)16-3;/h5-8,10H,4,9H2,1-3H3,(H,14,15);1H. The first kappa shape index (κ1) is 12.6. The van der Waals surface area contributed by atoms with Gasteiger partial charge in [0.2, 0.25) is 0 Å². The Kier molecular flexibility index (Phi) is 4.83. The third-order valence-electron chi connectivity index (χ3n) is 2.67. The summed E-state index contributed by atoms with van der Waals surface area (Å²) in [6.45, 7) is 4.43. The molecule has 0 fully saturated rings. The number of anilines is 1. The van der Waals surface area contributed by atoms with Crippen LogP contribution < -0.4 is 5.32 Å². The van der Waals surface area contributed by atoms with Crippen LogP contribution in [0, 0.1) is 5.92 Å². The van der Waals surface area contributed by atoms with E-state index >= 15 is 0 Å². The molecular weight excluding hydrogens is 202 g/mol. The lowest BCUT2D eigenvalue weighted by molar-refractivity contribution is 0.187. The van der Waals surface area contributed by atoms with Crippen molar-refractivity contribution in [3.05, 3.63) is 29.8 Å². The summed E-state index contributed by atoms with van der Waals surface area (Å²) < 4.78 is 4.52. The largest absolute Gasteiger partial charge is 0.453 e. The second-order valence-electron chi connectivity index (χ2n) is 4.03. The van der Waals surface area contributed by atoms with E-state index in [0.29, 0.717) is 5.92 Å². The molecule has 0 radical (unpaired) electrons. The van der Waals surface area contributed by atoms with Gasteiger partial charge in [-0.2, -0.15) is 0 Å². The molecule has 0 aliphatic rings. The van der Waals surface area contributed by atoms with Gasteiger partial charge in [-0.1, -0.05) is 32.4 Å². The van der Waals surface area contributed by atoms with E-state index in [0.717, 1.165) is 12.1 Å². The third-order valence-corrected chi connectivity index (χ3v) is 2.67. The molecule has 3 nitrogen and oxygen atoms in total. The van der Waals surface area contributed by atoms with E-state index in [1.165, 1.54) is 19.1 Å². The molecule has 0 saturated heterocycles. The van der Waals surface area contributed by atoms with Crippen LogP contribution in [0.15, 0.2) is 24.3 Å². The first-order valence-electron chi connectivity index (χ1n) is 5.59. The minimum Gasteiger partial charge on any atom is -0.453 e. The first-order valence-corrected chi connectivity index (χ1v) is 5.59. The Morgan fingerprint density at radius 2 is 2.06 bits per heavy atom. The summed E-state index contributed by atoms with van der Waals surface area (Å²) in [5.74, 6) is 0.694. The average molecular weight is 223 g/mol. The molecule has 1 aromatic rings. The van der Waals surface area contributed by atoms with Crippen molar-refractivity contribution in [3.63, 3.8) is 0 Å². The summed E-state index contributed by atoms with van der Waals surface area (Å²) in [6, 6.07) is 7.87. The Morgan fingerprint density at radius 3 is 2.56 bits per heavy atom. The van der Waals surface area contributed by atoms with Crippen LogP contribution in [0.5, 0.6) is 0 Å². The van der Waals surface area contributed by atoms with Crippen molar-refractivity contribution in [2.24, 2.45) is 5.92 Å². The molecule has 0 saturated carbocycles. The second kappa shape index (κ2) is 6.16. The SMILES string of the molecule is CCC(C)Cc1ccc(NC(=O)OC)cc1.[HH]. The maximum Gasteiger partial charge on any atom is 0.411 e. The Morgan fingerprint density at radius 1 is 1.44 bits per heavy atom. The lowest BCUT2D eigenvalue weighted by Gasteiger charge is -2.09. The zero-order valence-corrected chi connectivity index (χ0v) is 10.1. The van der Waals surface area contributed by atoms with E-state index in [1.807, 2.05) is 24.3 Å². The Balaban J connectivity index is 0.00000256. The van der Waals surface area contributed by atoms with Gasteiger partial charge in [-0.05, 0) is 30.0 Å². The average Bonchev–Trinajstić information content (AvgIpc) is 2.31. The van der Waals surface area contributed by atoms with E-state index in [4.69, 9.17) is 0 Å². The minimum absolute atomic E-state index is 0. The second-order valence-corrected chi connectivity index (χ2v) is 4.03. The van der Waals surface area contributed by atoms with Crippen molar-refractivity contribution in [2.45, 2.75) is 26.7 Å². The number of carbonyl (C=O) groups is 1. The van der Waals surface area contributed by atoms with E-state index in [9.17, 15) is 4.79 Å². The Bertz CT molecular complexity index is 338. The number of nitrogens with one attached hydrogen (secondary N) is 1. The molecule has 3 heteroatoms. The molecule has 1 aromatic carbocycles. The fraction of sp³-hybridized carbons (Fsp3) is 0.462. The van der Waals surface area contributed by atoms with Crippen LogP contribution in [0.2, 0.25) is 0 Å². The van der Waals surface area contributed by atoms with Crippen molar-refractivity contribution in [1.82, 2.24) is 0 Å². The lowest BCUT2D eigenvalue weighted by atomic mass is 9.99. The van der Waals surface area contributed by atoms with Crippen LogP contribution >= 0.6 is 0 Å². The van der Waals surface area contributed by atoms with Gasteiger partial charge in [0.05, 0.1) is 7.11 Å². The van der Waals surface area contributed by atoms with Crippen molar-refractivity contribution < 1.29 is 11.0 Å².